The highest BCUT2D eigenvalue weighted by Gasteiger charge is 2.20. The number of nitro groups is 1. The molecule has 0 saturated heterocycles. The fourth-order valence-electron chi connectivity index (χ4n) is 2.32. The van der Waals surface area contributed by atoms with E-state index >= 15 is 0 Å². The molecule has 10 heteroatoms. The number of rotatable bonds is 8. The number of amides is 1. The Bertz CT molecular complexity index is 942. The van der Waals surface area contributed by atoms with Crippen molar-refractivity contribution < 1.29 is 22.9 Å². The number of nitrogens with one attached hydrogen (secondary N) is 1. The third-order valence-corrected chi connectivity index (χ3v) is 4.50. The number of hydrogen-bond acceptors (Lipinski definition) is 6. The minimum Gasteiger partial charge on any atom is -0.477 e. The van der Waals surface area contributed by atoms with Crippen LogP contribution in [0.4, 0.5) is 11.4 Å². The molecule has 0 aliphatic carbocycles. The Labute approximate surface area is 156 Å². The molecular weight excluding hydrogens is 374 g/mol. The second-order valence-corrected chi connectivity index (χ2v) is 7.28. The number of benzene rings is 2. The molecule has 144 valence electrons. The quantitative estimate of drug-likeness (QED) is 0.520. The summed E-state index contributed by atoms with van der Waals surface area (Å²) in [5.41, 5.74) is 1.12. The van der Waals surface area contributed by atoms with Crippen LogP contribution in [0.5, 0.6) is 5.75 Å². The maximum absolute atomic E-state index is 12.0. The van der Waals surface area contributed by atoms with E-state index in [0.717, 1.165) is 36.6 Å². The highest BCUT2D eigenvalue weighted by Crippen LogP contribution is 2.29. The van der Waals surface area contributed by atoms with Crippen LogP contribution < -0.4 is 15.2 Å². The Morgan fingerprint density at radius 1 is 1.22 bits per heavy atom. The van der Waals surface area contributed by atoms with E-state index in [1.165, 1.54) is 0 Å². The van der Waals surface area contributed by atoms with Crippen molar-refractivity contribution in [3.05, 3.63) is 58.1 Å². The SMILES string of the molecule is CCCc1ccc(NC(=O)COc2ccc(S(N)(=O)=O)cc2[N+](=O)[O-])cc1. The molecule has 2 aromatic rings. The lowest BCUT2D eigenvalue weighted by Gasteiger charge is -2.09. The third-order valence-electron chi connectivity index (χ3n) is 3.59. The first-order chi connectivity index (χ1) is 12.7. The molecule has 2 rings (SSSR count). The van der Waals surface area contributed by atoms with Gasteiger partial charge < -0.3 is 10.1 Å². The maximum Gasteiger partial charge on any atom is 0.312 e. The molecule has 0 bridgehead atoms. The van der Waals surface area contributed by atoms with Crippen LogP contribution >= 0.6 is 0 Å². The average molecular weight is 393 g/mol. The van der Waals surface area contributed by atoms with Crippen molar-refractivity contribution in [3.63, 3.8) is 0 Å². The molecule has 27 heavy (non-hydrogen) atoms. The Kier molecular flexibility index (Phi) is 6.48. The number of aryl methyl sites for hydroxylation is 1. The third kappa shape index (κ3) is 5.76. The van der Waals surface area contributed by atoms with Crippen molar-refractivity contribution >= 4 is 27.3 Å². The summed E-state index contributed by atoms with van der Waals surface area (Å²) in [4.78, 5) is 21.9. The second kappa shape index (κ2) is 8.60. The van der Waals surface area contributed by atoms with E-state index in [2.05, 4.69) is 12.2 Å². The van der Waals surface area contributed by atoms with Crippen LogP contribution in [0.3, 0.4) is 0 Å². The largest absolute Gasteiger partial charge is 0.477 e. The standard InChI is InChI=1S/C17H19N3O6S/c1-2-3-12-4-6-13(7-5-12)19-17(21)11-26-16-9-8-14(27(18,24)25)10-15(16)20(22)23/h4-10H,2-3,11H2,1H3,(H,19,21)(H2,18,24,25). The molecule has 0 aliphatic heterocycles. The monoisotopic (exact) mass is 393 g/mol. The Hall–Kier alpha value is -2.98. The predicted octanol–water partition coefficient (Wildman–Crippen LogP) is 2.21. The van der Waals surface area contributed by atoms with Gasteiger partial charge in [0.15, 0.2) is 12.4 Å². The van der Waals surface area contributed by atoms with Crippen molar-refractivity contribution in [1.29, 1.82) is 0 Å². The zero-order valence-corrected chi connectivity index (χ0v) is 15.4. The van der Waals surface area contributed by atoms with Crippen molar-refractivity contribution in [1.82, 2.24) is 0 Å². The highest BCUT2D eigenvalue weighted by atomic mass is 32.2. The van der Waals surface area contributed by atoms with Gasteiger partial charge in [-0.05, 0) is 36.2 Å². The predicted molar refractivity (Wildman–Crippen MR) is 99.0 cm³/mol. The first-order valence-electron chi connectivity index (χ1n) is 8.03. The first kappa shape index (κ1) is 20.3. The van der Waals surface area contributed by atoms with Gasteiger partial charge in [-0.2, -0.15) is 0 Å². The summed E-state index contributed by atoms with van der Waals surface area (Å²) in [5.74, 6) is -0.746. The average Bonchev–Trinajstić information content (AvgIpc) is 2.61. The number of nitro benzene ring substituents is 1. The van der Waals surface area contributed by atoms with Gasteiger partial charge in [-0.3, -0.25) is 14.9 Å². The van der Waals surface area contributed by atoms with E-state index in [0.29, 0.717) is 5.69 Å². The molecule has 0 heterocycles. The van der Waals surface area contributed by atoms with Gasteiger partial charge in [-0.25, -0.2) is 13.6 Å². The first-order valence-corrected chi connectivity index (χ1v) is 9.58. The lowest BCUT2D eigenvalue weighted by molar-refractivity contribution is -0.386. The summed E-state index contributed by atoms with van der Waals surface area (Å²) in [5, 5.41) is 18.7. The van der Waals surface area contributed by atoms with Gasteiger partial charge >= 0.3 is 5.69 Å². The molecule has 3 N–H and O–H groups in total. The van der Waals surface area contributed by atoms with E-state index in [1.807, 2.05) is 12.1 Å². The highest BCUT2D eigenvalue weighted by molar-refractivity contribution is 7.89. The lowest BCUT2D eigenvalue weighted by atomic mass is 10.1. The van der Waals surface area contributed by atoms with Gasteiger partial charge in [-0.1, -0.05) is 25.5 Å². The van der Waals surface area contributed by atoms with Crippen LogP contribution in [0.1, 0.15) is 18.9 Å². The topological polar surface area (TPSA) is 142 Å². The molecule has 0 fully saturated rings. The number of carbonyl (C=O) groups is 1. The van der Waals surface area contributed by atoms with Crippen LogP contribution in [-0.4, -0.2) is 25.9 Å². The van der Waals surface area contributed by atoms with Crippen LogP contribution in [-0.2, 0) is 21.2 Å². The summed E-state index contributed by atoms with van der Waals surface area (Å²) in [6.45, 7) is 1.59. The van der Waals surface area contributed by atoms with E-state index in [9.17, 15) is 23.3 Å². The summed E-state index contributed by atoms with van der Waals surface area (Å²) in [6.07, 6.45) is 1.96. The molecule has 1 amide bonds. The minimum atomic E-state index is -4.09. The van der Waals surface area contributed by atoms with Crippen LogP contribution in [0.2, 0.25) is 0 Å². The number of ether oxygens (including phenoxy) is 1. The fraction of sp³-hybridized carbons (Fsp3) is 0.235. The van der Waals surface area contributed by atoms with Crippen molar-refractivity contribution in [2.45, 2.75) is 24.7 Å². The van der Waals surface area contributed by atoms with Crippen LogP contribution in [0, 0.1) is 10.1 Å². The number of nitrogens with zero attached hydrogens (tertiary/aromatic N) is 1. The normalized spacial score (nSPS) is 11.0. The molecule has 0 unspecified atom stereocenters. The number of nitrogens with two attached hydrogens (primary N) is 1. The van der Waals surface area contributed by atoms with Gasteiger partial charge in [0.05, 0.1) is 9.82 Å². The molecule has 0 spiro atoms. The number of primary sulfonamides is 1. The van der Waals surface area contributed by atoms with E-state index in [-0.39, 0.29) is 5.75 Å². The van der Waals surface area contributed by atoms with Gasteiger partial charge in [-0.15, -0.1) is 0 Å². The zero-order valence-electron chi connectivity index (χ0n) is 14.5. The molecule has 2 aromatic carbocycles. The van der Waals surface area contributed by atoms with E-state index < -0.39 is 38.0 Å². The number of anilines is 1. The fourth-order valence-corrected chi connectivity index (χ4v) is 2.86. The Balaban J connectivity index is 2.04. The molecule has 0 aliphatic rings. The summed E-state index contributed by atoms with van der Waals surface area (Å²) in [6, 6.07) is 10.3. The maximum atomic E-state index is 12.0. The molecular formula is C17H19N3O6S. The van der Waals surface area contributed by atoms with E-state index in [1.54, 1.807) is 12.1 Å². The molecule has 0 atom stereocenters. The molecule has 9 nitrogen and oxygen atoms in total. The molecule has 0 saturated carbocycles. The van der Waals surface area contributed by atoms with Crippen LogP contribution in [0.25, 0.3) is 0 Å². The van der Waals surface area contributed by atoms with Gasteiger partial charge in [0.2, 0.25) is 10.0 Å². The van der Waals surface area contributed by atoms with E-state index in [4.69, 9.17) is 9.88 Å². The van der Waals surface area contributed by atoms with Crippen LogP contribution in [0.15, 0.2) is 47.4 Å². The summed E-state index contributed by atoms with van der Waals surface area (Å²) < 4.78 is 27.8. The zero-order chi connectivity index (χ0) is 20.0. The molecule has 0 aromatic heterocycles. The number of hydrogen-bond donors (Lipinski definition) is 2. The minimum absolute atomic E-state index is 0.235. The number of sulfonamides is 1. The Morgan fingerprint density at radius 3 is 2.44 bits per heavy atom. The summed E-state index contributed by atoms with van der Waals surface area (Å²) in [7, 11) is -4.09. The van der Waals surface area contributed by atoms with Gasteiger partial charge in [0.1, 0.15) is 0 Å². The summed E-state index contributed by atoms with van der Waals surface area (Å²) >= 11 is 0. The second-order valence-electron chi connectivity index (χ2n) is 5.72. The van der Waals surface area contributed by atoms with Gasteiger partial charge in [0, 0.05) is 11.8 Å². The van der Waals surface area contributed by atoms with Gasteiger partial charge in [0.25, 0.3) is 5.91 Å². The lowest BCUT2D eigenvalue weighted by Crippen LogP contribution is -2.20. The van der Waals surface area contributed by atoms with Crippen molar-refractivity contribution in [2.75, 3.05) is 11.9 Å². The smallest absolute Gasteiger partial charge is 0.312 e. The molecule has 0 radical (unpaired) electrons. The number of carbonyl (C=O) groups excluding carboxylic acids is 1. The van der Waals surface area contributed by atoms with Crippen molar-refractivity contribution in [3.8, 4) is 5.75 Å². The Morgan fingerprint density at radius 2 is 1.89 bits per heavy atom. The van der Waals surface area contributed by atoms with Crippen molar-refractivity contribution in [2.24, 2.45) is 5.14 Å².